The number of anilines is 1. The van der Waals surface area contributed by atoms with Crippen molar-refractivity contribution in [2.45, 2.75) is 13.3 Å². The van der Waals surface area contributed by atoms with E-state index in [9.17, 15) is 14.7 Å². The van der Waals surface area contributed by atoms with Crippen molar-refractivity contribution in [1.82, 2.24) is 5.43 Å². The lowest BCUT2D eigenvalue weighted by molar-refractivity contribution is -0.115. The highest BCUT2D eigenvalue weighted by Gasteiger charge is 2.14. The molecule has 0 aromatic heterocycles. The maximum absolute atomic E-state index is 12.4. The van der Waals surface area contributed by atoms with E-state index in [1.165, 1.54) is 6.07 Å². The second-order valence-electron chi connectivity index (χ2n) is 7.09. The number of amides is 2. The number of nitrogens with zero attached hydrogens (tertiary/aromatic N) is 1. The number of phenolic OH excluding ortho intramolecular Hbond substituents is 1. The summed E-state index contributed by atoms with van der Waals surface area (Å²) in [5.74, 6) is 0.231. The number of ether oxygens (including phenoxy) is 2. The third-order valence-electron chi connectivity index (χ3n) is 4.70. The van der Waals surface area contributed by atoms with Crippen LogP contribution in [0.5, 0.6) is 17.2 Å². The summed E-state index contributed by atoms with van der Waals surface area (Å²) < 4.78 is 11.0. The number of rotatable bonds is 5. The molecule has 0 saturated heterocycles. The molecule has 3 N–H and O–H groups in total. The fourth-order valence-electron chi connectivity index (χ4n) is 3.21. The van der Waals surface area contributed by atoms with Crippen LogP contribution in [0.15, 0.2) is 59.7 Å². The number of carbonyl (C=O) groups is 2. The number of fused-ring (bicyclic) bond motifs is 2. The Hall–Kier alpha value is -4.07. The third-order valence-corrected chi connectivity index (χ3v) is 4.70. The number of phenols is 1. The Morgan fingerprint density at radius 3 is 2.48 bits per heavy atom. The van der Waals surface area contributed by atoms with Crippen LogP contribution in [0.1, 0.15) is 23.7 Å². The molecular weight excluding hydrogens is 398 g/mol. The molecule has 0 unspecified atom stereocenters. The lowest BCUT2D eigenvalue weighted by Crippen LogP contribution is -2.21. The van der Waals surface area contributed by atoms with Crippen molar-refractivity contribution in [1.29, 1.82) is 0 Å². The molecule has 0 atom stereocenters. The Kier molecular flexibility index (Phi) is 5.70. The molecule has 0 radical (unpaired) electrons. The van der Waals surface area contributed by atoms with Gasteiger partial charge in [0.1, 0.15) is 19.0 Å². The molecule has 8 nitrogen and oxygen atoms in total. The van der Waals surface area contributed by atoms with E-state index in [2.05, 4.69) is 15.8 Å². The summed E-state index contributed by atoms with van der Waals surface area (Å²) in [6, 6.07) is 15.7. The predicted octanol–water partition coefficient (Wildman–Crippen LogP) is 3.45. The van der Waals surface area contributed by atoms with Crippen LogP contribution >= 0.6 is 0 Å². The van der Waals surface area contributed by atoms with Crippen LogP contribution in [0.2, 0.25) is 0 Å². The third kappa shape index (κ3) is 4.75. The normalized spacial score (nSPS) is 13.0. The van der Waals surface area contributed by atoms with Crippen molar-refractivity contribution in [2.75, 3.05) is 18.5 Å². The van der Waals surface area contributed by atoms with Gasteiger partial charge in [-0.1, -0.05) is 24.3 Å². The van der Waals surface area contributed by atoms with Crippen molar-refractivity contribution in [3.63, 3.8) is 0 Å². The van der Waals surface area contributed by atoms with Gasteiger partial charge in [0.05, 0.1) is 12.0 Å². The van der Waals surface area contributed by atoms with Crippen LogP contribution in [0.4, 0.5) is 5.69 Å². The van der Waals surface area contributed by atoms with E-state index in [-0.39, 0.29) is 23.6 Å². The van der Waals surface area contributed by atoms with Crippen LogP contribution in [-0.4, -0.2) is 35.8 Å². The van der Waals surface area contributed by atoms with E-state index in [1.807, 2.05) is 24.3 Å². The Bertz CT molecular complexity index is 1190. The first-order valence-corrected chi connectivity index (χ1v) is 9.74. The molecule has 0 bridgehead atoms. The Labute approximate surface area is 178 Å². The van der Waals surface area contributed by atoms with Crippen molar-refractivity contribution in [2.24, 2.45) is 5.10 Å². The van der Waals surface area contributed by atoms with E-state index in [0.717, 1.165) is 10.8 Å². The number of benzene rings is 3. The van der Waals surface area contributed by atoms with Gasteiger partial charge in [-0.05, 0) is 42.0 Å². The highest BCUT2D eigenvalue weighted by molar-refractivity contribution is 6.06. The number of hydrogen-bond donors (Lipinski definition) is 3. The average molecular weight is 419 g/mol. The van der Waals surface area contributed by atoms with Crippen LogP contribution < -0.4 is 20.2 Å². The van der Waals surface area contributed by atoms with Crippen LogP contribution in [-0.2, 0) is 4.79 Å². The number of hydrazone groups is 1. The topological polar surface area (TPSA) is 109 Å². The number of hydrogen-bond acceptors (Lipinski definition) is 6. The maximum Gasteiger partial charge on any atom is 0.275 e. The lowest BCUT2D eigenvalue weighted by atomic mass is 10.1. The molecule has 0 aliphatic carbocycles. The van der Waals surface area contributed by atoms with Crippen molar-refractivity contribution in [3.05, 3.63) is 60.2 Å². The van der Waals surface area contributed by atoms with E-state index < -0.39 is 5.91 Å². The first-order chi connectivity index (χ1) is 15.0. The SMILES string of the molecule is CC(CC(=O)Nc1ccc2c(c1)OCCO2)=NNC(=O)c1cc2ccccc2cc1O. The lowest BCUT2D eigenvalue weighted by Gasteiger charge is -2.19. The summed E-state index contributed by atoms with van der Waals surface area (Å²) in [6.45, 7) is 2.59. The van der Waals surface area contributed by atoms with Gasteiger partial charge in [0.15, 0.2) is 11.5 Å². The summed E-state index contributed by atoms with van der Waals surface area (Å²) in [7, 11) is 0. The van der Waals surface area contributed by atoms with Crippen molar-refractivity contribution < 1.29 is 24.2 Å². The summed E-state index contributed by atoms with van der Waals surface area (Å²) in [6.07, 6.45) is -0.0155. The highest BCUT2D eigenvalue weighted by atomic mass is 16.6. The Balaban J connectivity index is 1.37. The average Bonchev–Trinajstić information content (AvgIpc) is 2.76. The quantitative estimate of drug-likeness (QED) is 0.434. The molecule has 4 rings (SSSR count). The molecule has 31 heavy (non-hydrogen) atoms. The van der Waals surface area contributed by atoms with Crippen LogP contribution in [0.25, 0.3) is 10.8 Å². The van der Waals surface area contributed by atoms with Crippen LogP contribution in [0, 0.1) is 0 Å². The second-order valence-corrected chi connectivity index (χ2v) is 7.09. The van der Waals surface area contributed by atoms with Gasteiger partial charge in [-0.15, -0.1) is 0 Å². The van der Waals surface area contributed by atoms with E-state index >= 15 is 0 Å². The zero-order valence-corrected chi connectivity index (χ0v) is 16.8. The first-order valence-electron chi connectivity index (χ1n) is 9.74. The van der Waals surface area contributed by atoms with Gasteiger partial charge >= 0.3 is 0 Å². The molecule has 1 aliphatic rings. The Morgan fingerprint density at radius 1 is 1.00 bits per heavy atom. The Morgan fingerprint density at radius 2 is 1.71 bits per heavy atom. The largest absolute Gasteiger partial charge is 0.507 e. The van der Waals surface area contributed by atoms with Gasteiger partial charge in [0.2, 0.25) is 5.91 Å². The maximum atomic E-state index is 12.4. The summed E-state index contributed by atoms with van der Waals surface area (Å²) in [5, 5.41) is 18.5. The zero-order valence-electron chi connectivity index (χ0n) is 16.8. The van der Waals surface area contributed by atoms with E-state index in [4.69, 9.17) is 9.47 Å². The minimum atomic E-state index is -0.560. The van der Waals surface area contributed by atoms with Gasteiger partial charge in [-0.25, -0.2) is 5.43 Å². The second kappa shape index (κ2) is 8.74. The zero-order chi connectivity index (χ0) is 21.8. The van der Waals surface area contributed by atoms with E-state index in [0.29, 0.717) is 36.1 Å². The smallest absolute Gasteiger partial charge is 0.275 e. The molecule has 1 aliphatic heterocycles. The summed E-state index contributed by atoms with van der Waals surface area (Å²) >= 11 is 0. The van der Waals surface area contributed by atoms with E-state index in [1.54, 1.807) is 31.2 Å². The molecule has 0 saturated carbocycles. The van der Waals surface area contributed by atoms with Gasteiger partial charge in [0, 0.05) is 17.5 Å². The van der Waals surface area contributed by atoms with Gasteiger partial charge in [-0.3, -0.25) is 9.59 Å². The van der Waals surface area contributed by atoms with Crippen molar-refractivity contribution >= 4 is 34.0 Å². The molecule has 3 aromatic rings. The molecule has 3 aromatic carbocycles. The summed E-state index contributed by atoms with van der Waals surface area (Å²) in [5.41, 5.74) is 3.48. The van der Waals surface area contributed by atoms with Gasteiger partial charge in [-0.2, -0.15) is 5.10 Å². The number of carbonyl (C=O) groups excluding carboxylic acids is 2. The van der Waals surface area contributed by atoms with Crippen LogP contribution in [0.3, 0.4) is 0 Å². The molecular formula is C23H21N3O5. The van der Waals surface area contributed by atoms with Gasteiger partial charge in [0.25, 0.3) is 5.91 Å². The number of aromatic hydroxyl groups is 1. The molecule has 0 fully saturated rings. The fraction of sp³-hybridized carbons (Fsp3) is 0.174. The molecule has 0 spiro atoms. The molecule has 2 amide bonds. The number of nitrogens with one attached hydrogen (secondary N) is 2. The minimum absolute atomic E-state index is 0.0155. The minimum Gasteiger partial charge on any atom is -0.507 e. The monoisotopic (exact) mass is 419 g/mol. The summed E-state index contributed by atoms with van der Waals surface area (Å²) in [4.78, 5) is 24.7. The molecule has 158 valence electrons. The molecule has 1 heterocycles. The predicted molar refractivity (Wildman–Crippen MR) is 117 cm³/mol. The standard InChI is InChI=1S/C23H21N3O5/c1-14(10-22(28)24-17-6-7-20-21(13-17)31-9-8-30-20)25-26-23(29)18-11-15-4-2-3-5-16(15)12-19(18)27/h2-7,11-13,27H,8-10H2,1H3,(H,24,28)(H,26,29). The fourth-order valence-corrected chi connectivity index (χ4v) is 3.21. The highest BCUT2D eigenvalue weighted by Crippen LogP contribution is 2.32. The molecule has 8 heteroatoms. The van der Waals surface area contributed by atoms with Gasteiger partial charge < -0.3 is 19.9 Å². The van der Waals surface area contributed by atoms with Crippen molar-refractivity contribution in [3.8, 4) is 17.2 Å². The first kappa shape index (κ1) is 20.2.